The lowest BCUT2D eigenvalue weighted by atomic mass is 9.86. The number of piperidine rings is 1. The summed E-state index contributed by atoms with van der Waals surface area (Å²) in [7, 11) is 0. The molecule has 1 aliphatic heterocycles. The van der Waals surface area contributed by atoms with E-state index in [1.165, 1.54) is 11.3 Å². The molecule has 6 nitrogen and oxygen atoms in total. The van der Waals surface area contributed by atoms with Crippen LogP contribution in [-0.4, -0.2) is 34.1 Å². The van der Waals surface area contributed by atoms with E-state index < -0.39 is 11.6 Å². The van der Waals surface area contributed by atoms with Crippen molar-refractivity contribution in [3.8, 4) is 5.75 Å². The topological polar surface area (TPSA) is 64.6 Å². The Labute approximate surface area is 240 Å². The average Bonchev–Trinajstić information content (AvgIpc) is 2.87. The third kappa shape index (κ3) is 7.61. The van der Waals surface area contributed by atoms with Gasteiger partial charge in [-0.1, -0.05) is 63.2 Å². The lowest BCUT2D eigenvalue weighted by Crippen LogP contribution is -2.41. The van der Waals surface area contributed by atoms with Crippen molar-refractivity contribution in [2.45, 2.75) is 98.3 Å². The van der Waals surface area contributed by atoms with Gasteiger partial charge in [0.15, 0.2) is 11.4 Å². The van der Waals surface area contributed by atoms with Crippen LogP contribution in [-0.2, 0) is 23.2 Å². The van der Waals surface area contributed by atoms with Gasteiger partial charge in [-0.15, -0.1) is 0 Å². The van der Waals surface area contributed by atoms with Gasteiger partial charge >= 0.3 is 5.97 Å². The van der Waals surface area contributed by atoms with Crippen LogP contribution in [0.25, 0.3) is 0 Å². The first-order valence-electron chi connectivity index (χ1n) is 14.4. The molecule has 2 aromatic carbocycles. The van der Waals surface area contributed by atoms with Gasteiger partial charge in [-0.3, -0.25) is 0 Å². The van der Waals surface area contributed by atoms with Crippen molar-refractivity contribution in [1.29, 1.82) is 0 Å². The fraction of sp³-hybridized carbons (Fsp3) is 0.500. The van der Waals surface area contributed by atoms with Gasteiger partial charge in [0.25, 0.3) is 0 Å². The molecule has 0 radical (unpaired) electrons. The molecule has 0 N–H and O–H groups in total. The Bertz CT molecular complexity index is 1290. The molecule has 40 heavy (non-hydrogen) atoms. The zero-order valence-electron chi connectivity index (χ0n) is 25.5. The maximum absolute atomic E-state index is 13.2. The van der Waals surface area contributed by atoms with E-state index in [-0.39, 0.29) is 11.1 Å². The van der Waals surface area contributed by atoms with Crippen molar-refractivity contribution < 1.29 is 14.3 Å². The number of esters is 1. The fourth-order valence-electron chi connectivity index (χ4n) is 5.33. The molecule has 0 bridgehead atoms. The van der Waals surface area contributed by atoms with Gasteiger partial charge in [0.05, 0.1) is 5.69 Å². The number of hydrogen-bond acceptors (Lipinski definition) is 6. The largest absolute Gasteiger partial charge is 0.484 e. The molecule has 4 rings (SSSR count). The maximum atomic E-state index is 13.2. The minimum absolute atomic E-state index is 0.148. The Morgan fingerprint density at radius 3 is 2.25 bits per heavy atom. The smallest absolute Gasteiger partial charge is 0.361 e. The molecule has 1 fully saturated rings. The van der Waals surface area contributed by atoms with E-state index in [1.807, 2.05) is 58.0 Å². The second-order valence-electron chi connectivity index (χ2n) is 13.1. The van der Waals surface area contributed by atoms with E-state index in [0.29, 0.717) is 35.8 Å². The van der Waals surface area contributed by atoms with E-state index in [2.05, 4.69) is 56.9 Å². The summed E-state index contributed by atoms with van der Waals surface area (Å²) in [4.78, 5) is 25.3. The summed E-state index contributed by atoms with van der Waals surface area (Å²) in [5, 5.41) is 0. The summed E-state index contributed by atoms with van der Waals surface area (Å²) in [6.07, 6.45) is 2.80. The van der Waals surface area contributed by atoms with Crippen LogP contribution in [0.2, 0.25) is 0 Å². The van der Waals surface area contributed by atoms with E-state index in [9.17, 15) is 4.79 Å². The van der Waals surface area contributed by atoms with Gasteiger partial charge in [-0.2, -0.15) is 0 Å². The second-order valence-corrected chi connectivity index (χ2v) is 13.1. The van der Waals surface area contributed by atoms with Crippen LogP contribution < -0.4 is 9.64 Å². The molecular weight excluding hydrogens is 498 g/mol. The predicted molar refractivity (Wildman–Crippen MR) is 161 cm³/mol. The number of benzene rings is 2. The zero-order chi connectivity index (χ0) is 29.1. The SMILES string of the molecule is Cc1nc(CC2CCN(c3ccc(C(C)(C)C)cc3)C(C)C2)nc(C(=O)OC(C)(C)C)c1OCc1ccccc1. The van der Waals surface area contributed by atoms with E-state index in [1.54, 1.807) is 0 Å². The lowest BCUT2D eigenvalue weighted by Gasteiger charge is -2.39. The highest BCUT2D eigenvalue weighted by Gasteiger charge is 2.29. The van der Waals surface area contributed by atoms with E-state index in [0.717, 1.165) is 31.4 Å². The van der Waals surface area contributed by atoms with Crippen LogP contribution in [0.4, 0.5) is 5.69 Å². The Kier molecular flexibility index (Phi) is 8.86. The van der Waals surface area contributed by atoms with Gasteiger partial charge in [0.1, 0.15) is 18.0 Å². The highest BCUT2D eigenvalue weighted by atomic mass is 16.6. The average molecular weight is 544 g/mol. The van der Waals surface area contributed by atoms with Crippen LogP contribution in [0.15, 0.2) is 54.6 Å². The number of aromatic nitrogens is 2. The van der Waals surface area contributed by atoms with Gasteiger partial charge < -0.3 is 14.4 Å². The first-order valence-corrected chi connectivity index (χ1v) is 14.4. The van der Waals surface area contributed by atoms with Crippen molar-refractivity contribution in [1.82, 2.24) is 9.97 Å². The van der Waals surface area contributed by atoms with Crippen molar-refractivity contribution >= 4 is 11.7 Å². The summed E-state index contributed by atoms with van der Waals surface area (Å²) in [6.45, 7) is 17.8. The van der Waals surface area contributed by atoms with Crippen molar-refractivity contribution in [3.63, 3.8) is 0 Å². The Balaban J connectivity index is 1.49. The number of ether oxygens (including phenoxy) is 2. The number of carbonyl (C=O) groups excluding carboxylic acids is 1. The van der Waals surface area contributed by atoms with Crippen LogP contribution >= 0.6 is 0 Å². The quantitative estimate of drug-likeness (QED) is 0.288. The third-order valence-electron chi connectivity index (χ3n) is 7.42. The second kappa shape index (κ2) is 12.0. The summed E-state index contributed by atoms with van der Waals surface area (Å²) >= 11 is 0. The van der Waals surface area contributed by atoms with Gasteiger partial charge in [-0.05, 0) is 82.1 Å². The minimum atomic E-state index is -0.639. The zero-order valence-corrected chi connectivity index (χ0v) is 25.5. The molecule has 3 aromatic rings. The van der Waals surface area contributed by atoms with Crippen molar-refractivity contribution in [3.05, 3.63) is 82.9 Å². The number of aryl methyl sites for hydroxylation is 1. The Morgan fingerprint density at radius 2 is 1.65 bits per heavy atom. The molecule has 0 amide bonds. The summed E-state index contributed by atoms with van der Waals surface area (Å²) in [5.41, 5.74) is 4.01. The van der Waals surface area contributed by atoms with Crippen LogP contribution in [0.3, 0.4) is 0 Å². The van der Waals surface area contributed by atoms with Crippen LogP contribution in [0.5, 0.6) is 5.75 Å². The molecule has 0 saturated carbocycles. The summed E-state index contributed by atoms with van der Waals surface area (Å²) in [6, 6.07) is 19.3. The molecular formula is C34H45N3O3. The lowest BCUT2D eigenvalue weighted by molar-refractivity contribution is 0.00572. The third-order valence-corrected chi connectivity index (χ3v) is 7.42. The molecule has 2 unspecified atom stereocenters. The Morgan fingerprint density at radius 1 is 0.975 bits per heavy atom. The number of anilines is 1. The molecule has 1 aromatic heterocycles. The molecule has 2 heterocycles. The first kappa shape index (κ1) is 29.6. The molecule has 1 saturated heterocycles. The molecule has 1 aliphatic rings. The fourth-order valence-corrected chi connectivity index (χ4v) is 5.33. The minimum Gasteiger partial charge on any atom is -0.484 e. The number of rotatable bonds is 7. The van der Waals surface area contributed by atoms with Crippen LogP contribution in [0.1, 0.15) is 94.4 Å². The molecule has 2 atom stereocenters. The maximum Gasteiger partial charge on any atom is 0.361 e. The van der Waals surface area contributed by atoms with Crippen LogP contribution in [0, 0.1) is 12.8 Å². The standard InChI is InChI=1S/C34H45N3O3/c1-23-20-26(18-19-37(23)28-16-14-27(15-17-28)33(3,4)5)21-29-35-24(2)31(39-22-25-12-10-9-11-13-25)30(36-29)32(38)40-34(6,7)8/h9-17,23,26H,18-22H2,1-8H3. The summed E-state index contributed by atoms with van der Waals surface area (Å²) < 4.78 is 11.8. The predicted octanol–water partition coefficient (Wildman–Crippen LogP) is 7.46. The number of carbonyl (C=O) groups is 1. The highest BCUT2D eigenvalue weighted by molar-refractivity contribution is 5.90. The monoisotopic (exact) mass is 543 g/mol. The summed E-state index contributed by atoms with van der Waals surface area (Å²) in [5.74, 6) is 1.01. The number of hydrogen-bond donors (Lipinski definition) is 0. The highest BCUT2D eigenvalue weighted by Crippen LogP contribution is 2.32. The molecule has 6 heteroatoms. The first-order chi connectivity index (χ1) is 18.8. The van der Waals surface area contributed by atoms with E-state index in [4.69, 9.17) is 19.4 Å². The van der Waals surface area contributed by atoms with E-state index >= 15 is 0 Å². The Hall–Kier alpha value is -3.41. The van der Waals surface area contributed by atoms with Gasteiger partial charge in [0, 0.05) is 24.7 Å². The number of nitrogens with zero attached hydrogens (tertiary/aromatic N) is 3. The van der Waals surface area contributed by atoms with Gasteiger partial charge in [0.2, 0.25) is 0 Å². The normalized spacial score (nSPS) is 17.9. The van der Waals surface area contributed by atoms with Crippen molar-refractivity contribution in [2.24, 2.45) is 5.92 Å². The van der Waals surface area contributed by atoms with Crippen molar-refractivity contribution in [2.75, 3.05) is 11.4 Å². The molecule has 0 aliphatic carbocycles. The molecule has 0 spiro atoms. The molecule has 214 valence electrons. The van der Waals surface area contributed by atoms with Gasteiger partial charge in [-0.25, -0.2) is 14.8 Å².